The summed E-state index contributed by atoms with van der Waals surface area (Å²) in [5, 5.41) is 15.6. The molecule has 0 radical (unpaired) electrons. The molecule has 0 unspecified atom stereocenters. The van der Waals surface area contributed by atoms with Crippen LogP contribution in [0.15, 0.2) is 52.1 Å². The highest BCUT2D eigenvalue weighted by Gasteiger charge is 2.20. The number of aryl methyl sites for hydroxylation is 1. The average molecular weight is 409 g/mol. The Morgan fingerprint density at radius 1 is 1.33 bits per heavy atom. The lowest BCUT2D eigenvalue weighted by Crippen LogP contribution is -2.21. The number of nitrogens with zero attached hydrogens (tertiary/aromatic N) is 5. The maximum Gasteiger partial charge on any atom is 0.374 e. The van der Waals surface area contributed by atoms with Crippen LogP contribution in [-0.4, -0.2) is 37.3 Å². The van der Waals surface area contributed by atoms with Crippen molar-refractivity contribution in [3.05, 3.63) is 80.4 Å². The SMILES string of the molecule is COC(=O)c1oc(Cn2cnc3c(cnn3-c3ccccc3[N+](=O)[O-])c2=O)cc1C. The van der Waals surface area contributed by atoms with Crippen molar-refractivity contribution < 1.29 is 18.9 Å². The van der Waals surface area contributed by atoms with E-state index in [1.54, 1.807) is 25.1 Å². The van der Waals surface area contributed by atoms with Crippen LogP contribution in [0.5, 0.6) is 0 Å². The number of benzene rings is 1. The molecular weight excluding hydrogens is 394 g/mol. The van der Waals surface area contributed by atoms with E-state index in [-0.39, 0.29) is 34.7 Å². The standard InChI is InChI=1S/C19H15N5O6/c1-11-7-12(30-16(11)19(26)29-2)9-22-10-20-17-13(18(22)25)8-21-23(17)14-5-3-4-6-15(14)24(27)28/h3-8,10H,9H2,1-2H3. The molecule has 0 atom stereocenters. The number of rotatable bonds is 5. The molecule has 1 aromatic carbocycles. The monoisotopic (exact) mass is 409 g/mol. The summed E-state index contributed by atoms with van der Waals surface area (Å²) in [7, 11) is 1.25. The van der Waals surface area contributed by atoms with Gasteiger partial charge in [0.2, 0.25) is 5.76 Å². The van der Waals surface area contributed by atoms with E-state index < -0.39 is 16.5 Å². The van der Waals surface area contributed by atoms with Gasteiger partial charge in [-0.3, -0.25) is 19.5 Å². The molecule has 0 saturated carbocycles. The van der Waals surface area contributed by atoms with Crippen LogP contribution < -0.4 is 5.56 Å². The number of methoxy groups -OCH3 is 1. The molecule has 0 aliphatic rings. The Bertz CT molecular complexity index is 1350. The van der Waals surface area contributed by atoms with Crippen molar-refractivity contribution in [1.29, 1.82) is 0 Å². The molecule has 4 aromatic rings. The van der Waals surface area contributed by atoms with Crippen molar-refractivity contribution in [2.45, 2.75) is 13.5 Å². The first-order valence-electron chi connectivity index (χ1n) is 8.75. The van der Waals surface area contributed by atoms with Gasteiger partial charge in [-0.05, 0) is 19.1 Å². The summed E-state index contributed by atoms with van der Waals surface area (Å²) in [6.07, 6.45) is 2.61. The number of furan rings is 1. The second-order valence-corrected chi connectivity index (χ2v) is 6.43. The molecule has 3 heterocycles. The number of aromatic nitrogens is 4. The van der Waals surface area contributed by atoms with Crippen molar-refractivity contribution in [3.8, 4) is 5.69 Å². The van der Waals surface area contributed by atoms with Gasteiger partial charge in [-0.1, -0.05) is 12.1 Å². The number of nitro groups is 1. The van der Waals surface area contributed by atoms with Crippen molar-refractivity contribution in [2.24, 2.45) is 0 Å². The van der Waals surface area contributed by atoms with Crippen LogP contribution in [0.3, 0.4) is 0 Å². The summed E-state index contributed by atoms with van der Waals surface area (Å²) in [6, 6.07) is 7.69. The first-order valence-corrected chi connectivity index (χ1v) is 8.75. The van der Waals surface area contributed by atoms with Crippen LogP contribution in [0.1, 0.15) is 21.9 Å². The second-order valence-electron chi connectivity index (χ2n) is 6.43. The predicted octanol–water partition coefficient (Wildman–Crippen LogP) is 2.23. The average Bonchev–Trinajstić information content (AvgIpc) is 3.33. The summed E-state index contributed by atoms with van der Waals surface area (Å²) in [5.74, 6) is -0.161. The number of hydrogen-bond acceptors (Lipinski definition) is 8. The van der Waals surface area contributed by atoms with Gasteiger partial charge in [0.15, 0.2) is 5.65 Å². The Kier molecular flexibility index (Phi) is 4.62. The molecule has 152 valence electrons. The largest absolute Gasteiger partial charge is 0.463 e. The minimum absolute atomic E-state index is 0.0380. The topological polar surface area (TPSA) is 135 Å². The highest BCUT2D eigenvalue weighted by Crippen LogP contribution is 2.24. The van der Waals surface area contributed by atoms with Crippen LogP contribution >= 0.6 is 0 Å². The number of nitro benzene ring substituents is 1. The molecule has 0 N–H and O–H groups in total. The number of fused-ring (bicyclic) bond motifs is 1. The third-order valence-electron chi connectivity index (χ3n) is 4.53. The van der Waals surface area contributed by atoms with Crippen molar-refractivity contribution in [3.63, 3.8) is 0 Å². The van der Waals surface area contributed by atoms with Gasteiger partial charge in [0.05, 0.1) is 24.8 Å². The molecule has 0 aliphatic carbocycles. The van der Waals surface area contributed by atoms with Crippen molar-refractivity contribution in [2.75, 3.05) is 7.11 Å². The minimum Gasteiger partial charge on any atom is -0.463 e. The van der Waals surface area contributed by atoms with Gasteiger partial charge >= 0.3 is 5.97 Å². The molecule has 0 bridgehead atoms. The molecule has 0 saturated heterocycles. The highest BCUT2D eigenvalue weighted by molar-refractivity contribution is 5.87. The molecule has 0 spiro atoms. The second kappa shape index (κ2) is 7.28. The van der Waals surface area contributed by atoms with Crippen LogP contribution in [-0.2, 0) is 11.3 Å². The lowest BCUT2D eigenvalue weighted by molar-refractivity contribution is -0.384. The fraction of sp³-hybridized carbons (Fsp3) is 0.158. The normalized spacial score (nSPS) is 11.0. The summed E-state index contributed by atoms with van der Waals surface area (Å²) in [4.78, 5) is 39.6. The fourth-order valence-electron chi connectivity index (χ4n) is 3.12. The smallest absolute Gasteiger partial charge is 0.374 e. The minimum atomic E-state index is -0.606. The fourth-order valence-corrected chi connectivity index (χ4v) is 3.12. The summed E-state index contributed by atoms with van der Waals surface area (Å²) in [6.45, 7) is 1.73. The maximum atomic E-state index is 12.9. The van der Waals surface area contributed by atoms with E-state index in [2.05, 4.69) is 14.8 Å². The zero-order valence-corrected chi connectivity index (χ0v) is 15.9. The van der Waals surface area contributed by atoms with Gasteiger partial charge < -0.3 is 9.15 Å². The van der Waals surface area contributed by atoms with E-state index in [9.17, 15) is 19.7 Å². The molecule has 0 aliphatic heterocycles. The Labute approximate surface area is 168 Å². The zero-order chi connectivity index (χ0) is 21.4. The first-order chi connectivity index (χ1) is 14.4. The molecule has 11 heteroatoms. The van der Waals surface area contributed by atoms with E-state index >= 15 is 0 Å². The Balaban J connectivity index is 1.75. The summed E-state index contributed by atoms with van der Waals surface area (Å²) < 4.78 is 12.7. The summed E-state index contributed by atoms with van der Waals surface area (Å²) in [5.41, 5.74) is 0.416. The molecular formula is C19H15N5O6. The van der Waals surface area contributed by atoms with Gasteiger partial charge in [-0.2, -0.15) is 5.10 Å². The number of carbonyl (C=O) groups excluding carboxylic acids is 1. The molecule has 11 nitrogen and oxygen atoms in total. The number of esters is 1. The number of hydrogen-bond donors (Lipinski definition) is 0. The van der Waals surface area contributed by atoms with E-state index in [0.717, 1.165) is 0 Å². The van der Waals surface area contributed by atoms with Crippen LogP contribution in [0.4, 0.5) is 5.69 Å². The van der Waals surface area contributed by atoms with E-state index in [4.69, 9.17) is 4.42 Å². The lowest BCUT2D eigenvalue weighted by atomic mass is 10.2. The van der Waals surface area contributed by atoms with Crippen LogP contribution in [0.25, 0.3) is 16.7 Å². The van der Waals surface area contributed by atoms with Gasteiger partial charge in [-0.25, -0.2) is 14.5 Å². The number of carbonyl (C=O) groups is 1. The third kappa shape index (κ3) is 3.11. The van der Waals surface area contributed by atoms with Gasteiger partial charge in [0.1, 0.15) is 23.2 Å². The molecule has 30 heavy (non-hydrogen) atoms. The van der Waals surface area contributed by atoms with Crippen LogP contribution in [0, 0.1) is 17.0 Å². The van der Waals surface area contributed by atoms with Crippen LogP contribution in [0.2, 0.25) is 0 Å². The molecule has 3 aromatic heterocycles. The lowest BCUT2D eigenvalue weighted by Gasteiger charge is -2.05. The Morgan fingerprint density at radius 3 is 2.83 bits per heavy atom. The first kappa shape index (κ1) is 19.1. The van der Waals surface area contributed by atoms with Gasteiger partial charge in [0.25, 0.3) is 11.2 Å². The van der Waals surface area contributed by atoms with E-state index in [1.807, 2.05) is 0 Å². The molecule has 0 amide bonds. The van der Waals surface area contributed by atoms with Crippen molar-refractivity contribution in [1.82, 2.24) is 19.3 Å². The molecule has 4 rings (SSSR count). The zero-order valence-electron chi connectivity index (χ0n) is 15.9. The number of para-hydroxylation sites is 2. The third-order valence-corrected chi connectivity index (χ3v) is 4.53. The highest BCUT2D eigenvalue weighted by atomic mass is 16.6. The Hall–Kier alpha value is -4.28. The van der Waals surface area contributed by atoms with Crippen molar-refractivity contribution >= 4 is 22.7 Å². The maximum absolute atomic E-state index is 12.9. The summed E-state index contributed by atoms with van der Waals surface area (Å²) >= 11 is 0. The Morgan fingerprint density at radius 2 is 2.10 bits per heavy atom. The molecule has 0 fully saturated rings. The quantitative estimate of drug-likeness (QED) is 0.278. The van der Waals surface area contributed by atoms with Gasteiger partial charge in [-0.15, -0.1) is 0 Å². The van der Waals surface area contributed by atoms with E-state index in [0.29, 0.717) is 11.3 Å². The number of ether oxygens (including phenoxy) is 1. The predicted molar refractivity (Wildman–Crippen MR) is 104 cm³/mol. The van der Waals surface area contributed by atoms with Gasteiger partial charge in [0, 0.05) is 11.6 Å². The van der Waals surface area contributed by atoms with E-state index in [1.165, 1.54) is 41.0 Å².